The lowest BCUT2D eigenvalue weighted by molar-refractivity contribution is -0.385. The van der Waals surface area contributed by atoms with Crippen LogP contribution in [0.2, 0.25) is 25.7 Å². The smallest absolute Gasteiger partial charge is 0.275 e. The van der Waals surface area contributed by atoms with Crippen LogP contribution in [-0.4, -0.2) is 67.3 Å². The van der Waals surface area contributed by atoms with Crippen molar-refractivity contribution in [2.75, 3.05) is 33.9 Å². The summed E-state index contributed by atoms with van der Waals surface area (Å²) in [5.74, 6) is -3.24. The Morgan fingerprint density at radius 1 is 1.09 bits per heavy atom. The third-order valence-electron chi connectivity index (χ3n) is 6.98. The van der Waals surface area contributed by atoms with Crippen LogP contribution in [0.25, 0.3) is 22.2 Å². The highest BCUT2D eigenvalue weighted by Gasteiger charge is 2.23. The highest BCUT2D eigenvalue weighted by Crippen LogP contribution is 2.40. The summed E-state index contributed by atoms with van der Waals surface area (Å²) in [5.41, 5.74) is 1.56. The van der Waals surface area contributed by atoms with E-state index in [0.717, 1.165) is 6.04 Å². The summed E-state index contributed by atoms with van der Waals surface area (Å²) in [4.78, 5) is 29.2. The molecule has 13 heteroatoms. The van der Waals surface area contributed by atoms with Gasteiger partial charge in [0.1, 0.15) is 18.1 Å². The first-order valence-electron chi connectivity index (χ1n) is 14.1. The van der Waals surface area contributed by atoms with Crippen molar-refractivity contribution >= 4 is 30.7 Å². The molecular weight excluding hydrogens is 590 g/mol. The van der Waals surface area contributed by atoms with Crippen LogP contribution in [0, 0.1) is 21.7 Å². The van der Waals surface area contributed by atoms with E-state index in [-0.39, 0.29) is 18.4 Å². The highest BCUT2D eigenvalue weighted by molar-refractivity contribution is 6.76. The van der Waals surface area contributed by atoms with Crippen molar-refractivity contribution in [3.05, 3.63) is 82.2 Å². The Balaban J connectivity index is 1.73. The number of nitro groups is 1. The number of methoxy groups -OCH3 is 1. The van der Waals surface area contributed by atoms with Gasteiger partial charge in [0.05, 0.1) is 22.4 Å². The number of nitrogens with zero attached hydrogens (tertiary/aromatic N) is 4. The van der Waals surface area contributed by atoms with Gasteiger partial charge < -0.3 is 23.7 Å². The zero-order valence-electron chi connectivity index (χ0n) is 25.4. The number of hydrogen-bond donors (Lipinski definition) is 0. The fourth-order valence-electron chi connectivity index (χ4n) is 4.55. The predicted molar refractivity (Wildman–Crippen MR) is 166 cm³/mol. The first-order chi connectivity index (χ1) is 20.9. The van der Waals surface area contributed by atoms with Gasteiger partial charge in [-0.2, -0.15) is 0 Å². The van der Waals surface area contributed by atoms with Crippen molar-refractivity contribution in [3.63, 3.8) is 0 Å². The molecular formula is C31H36F2N4O6Si. The quantitative estimate of drug-likeness (QED) is 0.0636. The van der Waals surface area contributed by atoms with Gasteiger partial charge in [0.2, 0.25) is 0 Å². The summed E-state index contributed by atoms with van der Waals surface area (Å²) in [7, 11) is 2.02. The molecule has 0 spiro atoms. The zero-order valence-corrected chi connectivity index (χ0v) is 26.4. The Bertz CT molecular complexity index is 1620. The molecule has 234 valence electrons. The van der Waals surface area contributed by atoms with Gasteiger partial charge in [-0.1, -0.05) is 31.8 Å². The molecule has 0 unspecified atom stereocenters. The first kappa shape index (κ1) is 32.7. The van der Waals surface area contributed by atoms with Crippen LogP contribution >= 0.6 is 0 Å². The lowest BCUT2D eigenvalue weighted by atomic mass is 10.0. The van der Waals surface area contributed by atoms with Crippen molar-refractivity contribution in [2.45, 2.75) is 38.8 Å². The summed E-state index contributed by atoms with van der Waals surface area (Å²) < 4.78 is 48.2. The maximum Gasteiger partial charge on any atom is 0.275 e. The van der Waals surface area contributed by atoms with Gasteiger partial charge in [0.25, 0.3) is 11.6 Å². The van der Waals surface area contributed by atoms with Crippen LogP contribution in [0.3, 0.4) is 0 Å². The second-order valence-corrected chi connectivity index (χ2v) is 17.2. The topological polar surface area (TPSA) is 109 Å². The molecule has 0 aliphatic carbocycles. The molecule has 0 aliphatic heterocycles. The van der Waals surface area contributed by atoms with Crippen molar-refractivity contribution in [2.24, 2.45) is 0 Å². The van der Waals surface area contributed by atoms with Gasteiger partial charge in [0.15, 0.2) is 17.4 Å². The zero-order chi connectivity index (χ0) is 32.0. The number of halogens is 2. The van der Waals surface area contributed by atoms with E-state index in [9.17, 15) is 23.7 Å². The Labute approximate surface area is 255 Å². The minimum absolute atomic E-state index is 0.0931. The number of non-ortho nitro benzene ring substituents is 1. The molecule has 0 saturated carbocycles. The van der Waals surface area contributed by atoms with E-state index in [0.29, 0.717) is 66.0 Å². The first-order valence-corrected chi connectivity index (χ1v) is 17.8. The number of benzene rings is 2. The average molecular weight is 627 g/mol. The normalized spacial score (nSPS) is 11.6. The number of pyridine rings is 1. The summed E-state index contributed by atoms with van der Waals surface area (Å²) in [5, 5.41) is 11.5. The number of rotatable bonds is 14. The minimum Gasteiger partial charge on any atom is -0.450 e. The van der Waals surface area contributed by atoms with E-state index in [2.05, 4.69) is 24.6 Å². The number of amides is 1. The van der Waals surface area contributed by atoms with Gasteiger partial charge in [-0.3, -0.25) is 14.9 Å². The van der Waals surface area contributed by atoms with Crippen LogP contribution in [-0.2, 0) is 16.2 Å². The summed E-state index contributed by atoms with van der Waals surface area (Å²) in [6.45, 7) is 8.61. The molecule has 0 bridgehead atoms. The highest BCUT2D eigenvalue weighted by atomic mass is 28.3. The molecule has 0 fully saturated rings. The lowest BCUT2D eigenvalue weighted by Crippen LogP contribution is -2.28. The second-order valence-electron chi connectivity index (χ2n) is 11.6. The van der Waals surface area contributed by atoms with Crippen LogP contribution < -0.4 is 4.74 Å². The molecule has 10 nitrogen and oxygen atoms in total. The molecule has 0 atom stereocenters. The second kappa shape index (κ2) is 14.1. The lowest BCUT2D eigenvalue weighted by Gasteiger charge is -2.17. The fraction of sp³-hybridized carbons (Fsp3) is 0.355. The van der Waals surface area contributed by atoms with Crippen molar-refractivity contribution in [3.8, 4) is 22.6 Å². The molecule has 0 saturated heterocycles. The molecule has 0 N–H and O–H groups in total. The van der Waals surface area contributed by atoms with E-state index in [4.69, 9.17) is 14.2 Å². The van der Waals surface area contributed by atoms with Gasteiger partial charge in [-0.15, -0.1) is 0 Å². The molecule has 44 heavy (non-hydrogen) atoms. The maximum absolute atomic E-state index is 14.8. The summed E-state index contributed by atoms with van der Waals surface area (Å²) >= 11 is 0. The van der Waals surface area contributed by atoms with Gasteiger partial charge in [-0.05, 0) is 36.2 Å². The summed E-state index contributed by atoms with van der Waals surface area (Å²) in [6, 6.07) is 10.6. The van der Waals surface area contributed by atoms with Crippen LogP contribution in [0.4, 0.5) is 14.5 Å². The average Bonchev–Trinajstić information content (AvgIpc) is 3.35. The number of aromatic nitrogens is 2. The van der Waals surface area contributed by atoms with Crippen molar-refractivity contribution < 1.29 is 32.7 Å². The SMILES string of the molecule is COCCCN(C)C(=O)c1ccc(-c2cn(COCC[Si](C)(C)C)c3nccc(Oc4c(F)cc([N+](=O)[O-])cc4F)c23)cc1. The Morgan fingerprint density at radius 2 is 1.77 bits per heavy atom. The third kappa shape index (κ3) is 7.84. The number of fused-ring (bicyclic) bond motifs is 1. The van der Waals surface area contributed by atoms with E-state index in [1.54, 1.807) is 47.9 Å². The fourth-order valence-corrected chi connectivity index (χ4v) is 5.31. The molecule has 2 aromatic carbocycles. The molecule has 0 radical (unpaired) electrons. The molecule has 1 amide bonds. The summed E-state index contributed by atoms with van der Waals surface area (Å²) in [6.07, 6.45) is 3.97. The number of carbonyl (C=O) groups excluding carboxylic acids is 1. The van der Waals surface area contributed by atoms with E-state index in [1.165, 1.54) is 12.3 Å². The molecule has 4 rings (SSSR count). The monoisotopic (exact) mass is 626 g/mol. The standard InChI is InChI=1S/C31H36F2N4O6Si/c1-35(13-6-14-41-2)31(38)22-9-7-21(8-10-22)24-19-36(20-42-15-16-44(3,4)5)30-28(24)27(11-12-34-30)43-29-25(32)17-23(37(39)40)18-26(29)33/h7-12,17-19H,6,13-16,20H2,1-5H3. The van der Waals surface area contributed by atoms with Gasteiger partial charge in [0, 0.05) is 65.5 Å². The number of nitro benzene ring substituents is 1. The Hall–Kier alpha value is -4.20. The van der Waals surface area contributed by atoms with E-state index < -0.39 is 36.1 Å². The van der Waals surface area contributed by atoms with E-state index in [1.807, 2.05) is 6.20 Å². The predicted octanol–water partition coefficient (Wildman–Crippen LogP) is 7.10. The molecule has 0 aliphatic rings. The van der Waals surface area contributed by atoms with Crippen LogP contribution in [0.1, 0.15) is 16.8 Å². The number of hydrogen-bond acceptors (Lipinski definition) is 7. The van der Waals surface area contributed by atoms with Crippen LogP contribution in [0.5, 0.6) is 11.5 Å². The Morgan fingerprint density at radius 3 is 2.39 bits per heavy atom. The number of ether oxygens (including phenoxy) is 3. The minimum atomic E-state index is -1.32. The molecule has 2 heterocycles. The third-order valence-corrected chi connectivity index (χ3v) is 8.69. The molecule has 4 aromatic rings. The van der Waals surface area contributed by atoms with Crippen molar-refractivity contribution in [1.82, 2.24) is 14.5 Å². The number of carbonyl (C=O) groups is 1. The largest absolute Gasteiger partial charge is 0.450 e. The Kier molecular flexibility index (Phi) is 10.4. The van der Waals surface area contributed by atoms with Crippen molar-refractivity contribution in [1.29, 1.82) is 0 Å². The maximum atomic E-state index is 14.8. The van der Waals surface area contributed by atoms with Gasteiger partial charge in [-0.25, -0.2) is 13.8 Å². The van der Waals surface area contributed by atoms with Crippen LogP contribution in [0.15, 0.2) is 54.9 Å². The van der Waals surface area contributed by atoms with E-state index >= 15 is 0 Å². The molecule has 2 aromatic heterocycles. The van der Waals surface area contributed by atoms with Gasteiger partial charge >= 0.3 is 0 Å².